The van der Waals surface area contributed by atoms with Crippen LogP contribution in [0.15, 0.2) is 36.4 Å². The summed E-state index contributed by atoms with van der Waals surface area (Å²) in [4.78, 5) is 11.3. The molecule has 0 spiro atoms. The molecule has 68 valence electrons. The highest BCUT2D eigenvalue weighted by Crippen LogP contribution is 2.11. The fraction of sp³-hybridized carbons (Fsp3) is 0.182. The Kier molecular flexibility index (Phi) is 3.26. The Bertz CT molecular complexity index is 309. The molecule has 0 unspecified atom stereocenters. The molecule has 2 heteroatoms. The molecule has 13 heavy (non-hydrogen) atoms. The molecule has 1 aromatic carbocycles. The van der Waals surface area contributed by atoms with Crippen LogP contribution in [0.4, 0.5) is 0 Å². The summed E-state index contributed by atoms with van der Waals surface area (Å²) < 4.78 is 4.98. The molecule has 0 atom stereocenters. The number of hydrogen-bond acceptors (Lipinski definition) is 2. The van der Waals surface area contributed by atoms with Gasteiger partial charge >= 0.3 is 0 Å². The minimum atomic E-state index is 0.0187. The highest BCUT2D eigenvalue weighted by atomic mass is 16.5. The molecule has 0 bridgehead atoms. The topological polar surface area (TPSA) is 26.3 Å². The second kappa shape index (κ2) is 4.45. The van der Waals surface area contributed by atoms with Crippen LogP contribution in [0.1, 0.15) is 17.3 Å². The molecule has 0 fully saturated rings. The van der Waals surface area contributed by atoms with Crippen molar-refractivity contribution in [1.82, 2.24) is 0 Å². The first-order valence-corrected chi connectivity index (χ1v) is 4.09. The molecule has 0 saturated heterocycles. The summed E-state index contributed by atoms with van der Waals surface area (Å²) >= 11 is 0. The summed E-state index contributed by atoms with van der Waals surface area (Å²) in [5, 5.41) is 0. The predicted molar refractivity (Wildman–Crippen MR) is 52.1 cm³/mol. The number of ketones is 1. The largest absolute Gasteiger partial charge is 0.497 e. The van der Waals surface area contributed by atoms with Gasteiger partial charge in [0.05, 0.1) is 7.11 Å². The Labute approximate surface area is 77.8 Å². The number of ether oxygens (including phenoxy) is 1. The van der Waals surface area contributed by atoms with Gasteiger partial charge in [0.25, 0.3) is 0 Å². The van der Waals surface area contributed by atoms with Gasteiger partial charge in [-0.15, -0.1) is 0 Å². The first-order chi connectivity index (χ1) is 6.27. The van der Waals surface area contributed by atoms with Gasteiger partial charge in [-0.2, -0.15) is 0 Å². The second-order valence-corrected chi connectivity index (χ2v) is 2.59. The van der Waals surface area contributed by atoms with Crippen molar-refractivity contribution in [2.75, 3.05) is 7.11 Å². The maximum atomic E-state index is 11.3. The molecule has 0 amide bonds. The molecular formula is C11H12O2. The summed E-state index contributed by atoms with van der Waals surface area (Å²) in [5.74, 6) is 0.780. The van der Waals surface area contributed by atoms with Crippen LogP contribution < -0.4 is 4.74 Å². The van der Waals surface area contributed by atoms with Crippen molar-refractivity contribution in [3.05, 3.63) is 42.0 Å². The van der Waals surface area contributed by atoms with Crippen LogP contribution in [-0.2, 0) is 0 Å². The number of carbonyl (C=O) groups excluding carboxylic acids is 1. The molecule has 1 rings (SSSR count). The van der Waals surface area contributed by atoms with Crippen molar-refractivity contribution < 1.29 is 9.53 Å². The maximum Gasteiger partial charge on any atom is 0.185 e. The van der Waals surface area contributed by atoms with E-state index in [0.717, 1.165) is 5.75 Å². The fourth-order valence-electron chi connectivity index (χ4n) is 1.00. The van der Waals surface area contributed by atoms with Gasteiger partial charge in [-0.25, -0.2) is 0 Å². The highest BCUT2D eigenvalue weighted by molar-refractivity contribution is 6.04. The van der Waals surface area contributed by atoms with E-state index in [2.05, 4.69) is 0 Å². The van der Waals surface area contributed by atoms with Crippen molar-refractivity contribution in [3.8, 4) is 5.75 Å². The van der Waals surface area contributed by atoms with Gasteiger partial charge in [0.1, 0.15) is 5.75 Å². The standard InChI is InChI=1S/C11H12O2/c1-3-4-11(12)9-5-7-10(13-2)8-6-9/h3-8H,1-2H3. The van der Waals surface area contributed by atoms with E-state index in [-0.39, 0.29) is 5.78 Å². The smallest absolute Gasteiger partial charge is 0.185 e. The quantitative estimate of drug-likeness (QED) is 0.522. The lowest BCUT2D eigenvalue weighted by Crippen LogP contribution is -1.93. The lowest BCUT2D eigenvalue weighted by Gasteiger charge is -1.99. The molecule has 0 aliphatic carbocycles. The first kappa shape index (κ1) is 9.52. The number of rotatable bonds is 3. The second-order valence-electron chi connectivity index (χ2n) is 2.59. The van der Waals surface area contributed by atoms with Crippen molar-refractivity contribution in [3.63, 3.8) is 0 Å². The van der Waals surface area contributed by atoms with Crippen molar-refractivity contribution in [2.24, 2.45) is 0 Å². The van der Waals surface area contributed by atoms with E-state index in [1.165, 1.54) is 0 Å². The lowest BCUT2D eigenvalue weighted by molar-refractivity contribution is 0.104. The third-order valence-corrected chi connectivity index (χ3v) is 1.69. The zero-order chi connectivity index (χ0) is 9.68. The summed E-state index contributed by atoms with van der Waals surface area (Å²) in [6, 6.07) is 7.05. The zero-order valence-electron chi connectivity index (χ0n) is 7.78. The summed E-state index contributed by atoms with van der Waals surface area (Å²) in [6.45, 7) is 1.82. The number of allylic oxidation sites excluding steroid dienone is 2. The third-order valence-electron chi connectivity index (χ3n) is 1.69. The molecule has 1 aromatic rings. The molecular weight excluding hydrogens is 164 g/mol. The van der Waals surface area contributed by atoms with E-state index in [9.17, 15) is 4.79 Å². The van der Waals surface area contributed by atoms with Gasteiger partial charge in [-0.05, 0) is 37.3 Å². The highest BCUT2D eigenvalue weighted by Gasteiger charge is 2.00. The summed E-state index contributed by atoms with van der Waals surface area (Å²) in [7, 11) is 1.60. The monoisotopic (exact) mass is 176 g/mol. The summed E-state index contributed by atoms with van der Waals surface area (Å²) in [6.07, 6.45) is 3.27. The predicted octanol–water partition coefficient (Wildman–Crippen LogP) is 2.45. The number of benzene rings is 1. The van der Waals surface area contributed by atoms with E-state index < -0.39 is 0 Å². The Balaban J connectivity index is 2.85. The molecule has 0 aliphatic rings. The van der Waals surface area contributed by atoms with Crippen LogP contribution in [0.3, 0.4) is 0 Å². The molecule has 0 N–H and O–H groups in total. The van der Waals surface area contributed by atoms with Gasteiger partial charge in [0.2, 0.25) is 0 Å². The molecule has 0 saturated carbocycles. The molecule has 0 heterocycles. The van der Waals surface area contributed by atoms with Crippen LogP contribution in [0.5, 0.6) is 5.75 Å². The molecule has 0 aromatic heterocycles. The minimum Gasteiger partial charge on any atom is -0.497 e. The average molecular weight is 176 g/mol. The Morgan fingerprint density at radius 2 is 1.92 bits per heavy atom. The van der Waals surface area contributed by atoms with Crippen LogP contribution in [0.2, 0.25) is 0 Å². The van der Waals surface area contributed by atoms with E-state index in [4.69, 9.17) is 4.74 Å². The van der Waals surface area contributed by atoms with Crippen LogP contribution in [0, 0.1) is 0 Å². The zero-order valence-corrected chi connectivity index (χ0v) is 7.78. The lowest BCUT2D eigenvalue weighted by atomic mass is 10.1. The van der Waals surface area contributed by atoms with Crippen molar-refractivity contribution >= 4 is 5.78 Å². The molecule has 2 nitrogen and oxygen atoms in total. The maximum absolute atomic E-state index is 11.3. The van der Waals surface area contributed by atoms with E-state index in [0.29, 0.717) is 5.56 Å². The van der Waals surface area contributed by atoms with Gasteiger partial charge in [0, 0.05) is 5.56 Å². The van der Waals surface area contributed by atoms with Crippen molar-refractivity contribution in [2.45, 2.75) is 6.92 Å². The third kappa shape index (κ3) is 2.44. The Morgan fingerprint density at radius 1 is 1.31 bits per heavy atom. The SMILES string of the molecule is CC=CC(=O)c1ccc(OC)cc1. The van der Waals surface area contributed by atoms with Gasteiger partial charge in [-0.3, -0.25) is 4.79 Å². The molecule has 0 aliphatic heterocycles. The van der Waals surface area contributed by atoms with Crippen LogP contribution >= 0.6 is 0 Å². The minimum absolute atomic E-state index is 0.0187. The van der Waals surface area contributed by atoms with E-state index >= 15 is 0 Å². The van der Waals surface area contributed by atoms with Gasteiger partial charge in [0.15, 0.2) is 5.78 Å². The van der Waals surface area contributed by atoms with E-state index in [1.807, 2.05) is 6.92 Å². The number of methoxy groups -OCH3 is 1. The van der Waals surface area contributed by atoms with Gasteiger partial charge < -0.3 is 4.74 Å². The Hall–Kier alpha value is -1.57. The number of carbonyl (C=O) groups is 1. The summed E-state index contributed by atoms with van der Waals surface area (Å²) in [5.41, 5.74) is 0.680. The van der Waals surface area contributed by atoms with Crippen LogP contribution in [0.25, 0.3) is 0 Å². The Morgan fingerprint density at radius 3 is 2.38 bits per heavy atom. The van der Waals surface area contributed by atoms with Crippen LogP contribution in [-0.4, -0.2) is 12.9 Å². The van der Waals surface area contributed by atoms with E-state index in [1.54, 1.807) is 43.5 Å². The first-order valence-electron chi connectivity index (χ1n) is 4.09. The number of hydrogen-bond donors (Lipinski definition) is 0. The fourth-order valence-corrected chi connectivity index (χ4v) is 1.00. The van der Waals surface area contributed by atoms with Crippen molar-refractivity contribution in [1.29, 1.82) is 0 Å². The normalized spacial score (nSPS) is 10.3. The molecule has 0 radical (unpaired) electrons. The van der Waals surface area contributed by atoms with Gasteiger partial charge in [-0.1, -0.05) is 6.08 Å². The average Bonchev–Trinajstić information content (AvgIpc) is 2.18.